The molecule has 0 unspecified atom stereocenters. The molecule has 24 heavy (non-hydrogen) atoms. The SMILES string of the molecule is O=C1C=C(Nc2ccccc2)C(=O)N1c1ccc2ccccc2c1. The van der Waals surface area contributed by atoms with Crippen LogP contribution in [0.3, 0.4) is 0 Å². The number of hydrogen-bond acceptors (Lipinski definition) is 3. The lowest BCUT2D eigenvalue weighted by Gasteiger charge is -2.16. The zero-order valence-corrected chi connectivity index (χ0v) is 12.8. The Morgan fingerprint density at radius 3 is 2.25 bits per heavy atom. The maximum Gasteiger partial charge on any atom is 0.281 e. The normalized spacial score (nSPS) is 14.2. The fraction of sp³-hybridized carbons (Fsp3) is 0. The zero-order valence-electron chi connectivity index (χ0n) is 12.8. The van der Waals surface area contributed by atoms with Crippen LogP contribution in [0.25, 0.3) is 10.8 Å². The highest BCUT2D eigenvalue weighted by molar-refractivity contribution is 6.31. The molecule has 2 amide bonds. The van der Waals surface area contributed by atoms with Crippen LogP contribution in [-0.2, 0) is 9.59 Å². The Bertz CT molecular complexity index is 977. The van der Waals surface area contributed by atoms with Gasteiger partial charge < -0.3 is 5.32 Å². The summed E-state index contributed by atoms with van der Waals surface area (Å²) in [5, 5.41) is 5.06. The summed E-state index contributed by atoms with van der Waals surface area (Å²) >= 11 is 0. The molecule has 0 fully saturated rings. The van der Waals surface area contributed by atoms with Gasteiger partial charge in [0.05, 0.1) is 5.69 Å². The first-order valence-electron chi connectivity index (χ1n) is 7.63. The molecule has 4 rings (SSSR count). The Hall–Kier alpha value is -3.40. The zero-order chi connectivity index (χ0) is 16.5. The van der Waals surface area contributed by atoms with Gasteiger partial charge in [-0.05, 0) is 35.0 Å². The first-order chi connectivity index (χ1) is 11.7. The first kappa shape index (κ1) is 14.2. The van der Waals surface area contributed by atoms with E-state index >= 15 is 0 Å². The maximum atomic E-state index is 12.6. The molecule has 4 nitrogen and oxygen atoms in total. The summed E-state index contributed by atoms with van der Waals surface area (Å²) in [5.41, 5.74) is 1.62. The third kappa shape index (κ3) is 2.44. The lowest BCUT2D eigenvalue weighted by molar-refractivity contribution is -0.120. The topological polar surface area (TPSA) is 49.4 Å². The van der Waals surface area contributed by atoms with Crippen LogP contribution < -0.4 is 10.2 Å². The van der Waals surface area contributed by atoms with Crippen molar-refractivity contribution in [1.82, 2.24) is 0 Å². The number of fused-ring (bicyclic) bond motifs is 1. The molecule has 0 bridgehead atoms. The van der Waals surface area contributed by atoms with Crippen LogP contribution in [0.4, 0.5) is 11.4 Å². The highest BCUT2D eigenvalue weighted by Crippen LogP contribution is 2.27. The van der Waals surface area contributed by atoms with E-state index in [1.54, 1.807) is 6.07 Å². The Balaban J connectivity index is 1.65. The standard InChI is InChI=1S/C20H14N2O2/c23-19-13-18(21-16-8-2-1-3-9-16)20(24)22(19)17-11-10-14-6-4-5-7-15(14)12-17/h1-13,21H. The largest absolute Gasteiger partial charge is 0.351 e. The quantitative estimate of drug-likeness (QED) is 0.750. The van der Waals surface area contributed by atoms with E-state index in [2.05, 4.69) is 5.32 Å². The van der Waals surface area contributed by atoms with Gasteiger partial charge >= 0.3 is 0 Å². The molecule has 0 radical (unpaired) electrons. The summed E-state index contributed by atoms with van der Waals surface area (Å²) < 4.78 is 0. The average Bonchev–Trinajstić information content (AvgIpc) is 2.89. The van der Waals surface area contributed by atoms with Crippen molar-refractivity contribution < 1.29 is 9.59 Å². The van der Waals surface area contributed by atoms with E-state index < -0.39 is 0 Å². The number of nitrogens with zero attached hydrogens (tertiary/aromatic N) is 1. The van der Waals surface area contributed by atoms with Crippen molar-refractivity contribution in [3.05, 3.63) is 84.6 Å². The van der Waals surface area contributed by atoms with Crippen LogP contribution in [-0.4, -0.2) is 11.8 Å². The number of carbonyl (C=O) groups is 2. The molecule has 1 N–H and O–H groups in total. The van der Waals surface area contributed by atoms with Gasteiger partial charge in [0.1, 0.15) is 5.70 Å². The third-order valence-electron chi connectivity index (χ3n) is 3.97. The molecule has 116 valence electrons. The number of rotatable bonds is 3. The van der Waals surface area contributed by atoms with E-state index in [1.165, 1.54) is 11.0 Å². The fourth-order valence-electron chi connectivity index (χ4n) is 2.80. The summed E-state index contributed by atoms with van der Waals surface area (Å²) in [5.74, 6) is -0.687. The van der Waals surface area contributed by atoms with E-state index in [0.717, 1.165) is 16.5 Å². The predicted molar refractivity (Wildman–Crippen MR) is 94.6 cm³/mol. The molecular formula is C20H14N2O2. The van der Waals surface area contributed by atoms with Crippen LogP contribution in [0.1, 0.15) is 0 Å². The number of nitrogens with one attached hydrogen (secondary N) is 1. The van der Waals surface area contributed by atoms with E-state index in [9.17, 15) is 9.59 Å². The molecule has 3 aromatic rings. The predicted octanol–water partition coefficient (Wildman–Crippen LogP) is 3.71. The van der Waals surface area contributed by atoms with Crippen LogP contribution in [0.2, 0.25) is 0 Å². The number of benzene rings is 3. The minimum Gasteiger partial charge on any atom is -0.351 e. The summed E-state index contributed by atoms with van der Waals surface area (Å²) in [6.07, 6.45) is 1.34. The van der Waals surface area contributed by atoms with E-state index in [-0.39, 0.29) is 17.5 Å². The van der Waals surface area contributed by atoms with Crippen LogP contribution in [0.5, 0.6) is 0 Å². The summed E-state index contributed by atoms with van der Waals surface area (Å²) in [6.45, 7) is 0. The second-order valence-corrected chi connectivity index (χ2v) is 5.56. The monoisotopic (exact) mass is 314 g/mol. The second-order valence-electron chi connectivity index (χ2n) is 5.56. The number of amides is 2. The molecule has 1 heterocycles. The number of anilines is 2. The van der Waals surface area contributed by atoms with Gasteiger partial charge in [0.15, 0.2) is 0 Å². The van der Waals surface area contributed by atoms with Gasteiger partial charge in [0.25, 0.3) is 11.8 Å². The third-order valence-corrected chi connectivity index (χ3v) is 3.97. The Kier molecular flexibility index (Phi) is 3.35. The van der Waals surface area contributed by atoms with Gasteiger partial charge in [-0.1, -0.05) is 48.5 Å². The number of imide groups is 1. The molecule has 0 aliphatic carbocycles. The Morgan fingerprint density at radius 1 is 0.750 bits per heavy atom. The van der Waals surface area contributed by atoms with Crippen molar-refractivity contribution in [3.8, 4) is 0 Å². The van der Waals surface area contributed by atoms with Crippen molar-refractivity contribution in [2.24, 2.45) is 0 Å². The number of para-hydroxylation sites is 1. The van der Waals surface area contributed by atoms with E-state index in [4.69, 9.17) is 0 Å². The average molecular weight is 314 g/mol. The first-order valence-corrected chi connectivity index (χ1v) is 7.63. The lowest BCUT2D eigenvalue weighted by Crippen LogP contribution is -2.31. The van der Waals surface area contributed by atoms with E-state index in [1.807, 2.05) is 66.7 Å². The highest BCUT2D eigenvalue weighted by atomic mass is 16.2. The van der Waals surface area contributed by atoms with Crippen molar-refractivity contribution in [1.29, 1.82) is 0 Å². The van der Waals surface area contributed by atoms with Gasteiger partial charge in [-0.25, -0.2) is 4.90 Å². The van der Waals surface area contributed by atoms with Crippen LogP contribution >= 0.6 is 0 Å². The van der Waals surface area contributed by atoms with Crippen molar-refractivity contribution in [3.63, 3.8) is 0 Å². The Morgan fingerprint density at radius 2 is 1.46 bits per heavy atom. The van der Waals surface area contributed by atoms with Gasteiger partial charge in [-0.15, -0.1) is 0 Å². The molecule has 0 aromatic heterocycles. The van der Waals surface area contributed by atoms with Crippen LogP contribution in [0.15, 0.2) is 84.6 Å². The van der Waals surface area contributed by atoms with Gasteiger partial charge in [0.2, 0.25) is 0 Å². The molecule has 1 aliphatic rings. The van der Waals surface area contributed by atoms with Crippen molar-refractivity contribution in [2.45, 2.75) is 0 Å². The lowest BCUT2D eigenvalue weighted by atomic mass is 10.1. The van der Waals surface area contributed by atoms with Gasteiger partial charge in [-0.2, -0.15) is 0 Å². The van der Waals surface area contributed by atoms with Gasteiger partial charge in [0, 0.05) is 11.8 Å². The summed E-state index contributed by atoms with van der Waals surface area (Å²) in [4.78, 5) is 26.1. The minimum absolute atomic E-state index is 0.277. The molecule has 0 saturated carbocycles. The van der Waals surface area contributed by atoms with Crippen molar-refractivity contribution in [2.75, 3.05) is 10.2 Å². The summed E-state index contributed by atoms with van der Waals surface area (Å²) in [7, 11) is 0. The minimum atomic E-state index is -0.348. The molecule has 0 spiro atoms. The van der Waals surface area contributed by atoms with E-state index in [0.29, 0.717) is 5.69 Å². The molecule has 1 aliphatic heterocycles. The highest BCUT2D eigenvalue weighted by Gasteiger charge is 2.32. The summed E-state index contributed by atoms with van der Waals surface area (Å²) in [6, 6.07) is 22.7. The smallest absolute Gasteiger partial charge is 0.281 e. The maximum absolute atomic E-state index is 12.6. The molecule has 0 saturated heterocycles. The second kappa shape index (κ2) is 5.66. The molecule has 4 heteroatoms. The van der Waals surface area contributed by atoms with Gasteiger partial charge in [-0.3, -0.25) is 9.59 Å². The number of carbonyl (C=O) groups excluding carboxylic acids is 2. The molecular weight excluding hydrogens is 300 g/mol. The fourth-order valence-corrected chi connectivity index (χ4v) is 2.80. The molecule has 3 aromatic carbocycles. The Labute approximate surface area is 139 Å². The number of hydrogen-bond donors (Lipinski definition) is 1. The molecule has 0 atom stereocenters. The van der Waals surface area contributed by atoms with Crippen molar-refractivity contribution >= 4 is 34.0 Å². The van der Waals surface area contributed by atoms with Crippen LogP contribution in [0, 0.1) is 0 Å².